The number of fused-ring (bicyclic) bond motifs is 2. The van der Waals surface area contributed by atoms with E-state index in [4.69, 9.17) is 4.98 Å². The lowest BCUT2D eigenvalue weighted by atomic mass is 9.82. The van der Waals surface area contributed by atoms with Crippen molar-refractivity contribution < 1.29 is 0 Å². The molecule has 2 aromatic heterocycles. The van der Waals surface area contributed by atoms with Crippen LogP contribution in [-0.2, 0) is 5.41 Å². The second kappa shape index (κ2) is 9.58. The van der Waals surface area contributed by atoms with Crippen LogP contribution in [0.1, 0.15) is 31.9 Å². The van der Waals surface area contributed by atoms with Crippen molar-refractivity contribution in [2.45, 2.75) is 46.2 Å². The van der Waals surface area contributed by atoms with Gasteiger partial charge in [0.25, 0.3) is 0 Å². The van der Waals surface area contributed by atoms with E-state index in [1.165, 1.54) is 58.4 Å². The van der Waals surface area contributed by atoms with Gasteiger partial charge in [0, 0.05) is 16.6 Å². The summed E-state index contributed by atoms with van der Waals surface area (Å²) in [5, 5.41) is 6.83. The van der Waals surface area contributed by atoms with Gasteiger partial charge in [0.15, 0.2) is 0 Å². The van der Waals surface area contributed by atoms with Gasteiger partial charge in [-0.2, -0.15) is 0 Å². The van der Waals surface area contributed by atoms with E-state index in [1.807, 2.05) is 17.5 Å². The smallest absolute Gasteiger partial charge is 0.112 e. The van der Waals surface area contributed by atoms with Gasteiger partial charge >= 0.3 is 0 Å². The Hall–Kier alpha value is -3.53. The first-order chi connectivity index (χ1) is 18.6. The highest BCUT2D eigenvalue weighted by Gasteiger charge is 2.26. The van der Waals surface area contributed by atoms with Gasteiger partial charge in [-0.15, -0.1) is 11.3 Å². The Morgan fingerprint density at radius 3 is 2.08 bits per heavy atom. The second-order valence-electron chi connectivity index (χ2n) is 12.2. The Morgan fingerprint density at radius 1 is 0.692 bits per heavy atom. The molecule has 0 spiro atoms. The summed E-state index contributed by atoms with van der Waals surface area (Å²) in [6, 6.07) is 35.9. The zero-order valence-electron chi connectivity index (χ0n) is 23.7. The Labute approximate surface area is 237 Å². The maximum absolute atomic E-state index is 4.95. The van der Waals surface area contributed by atoms with Crippen molar-refractivity contribution in [2.75, 3.05) is 0 Å². The number of nitrogens with zero attached hydrogens (tertiary/aromatic N) is 1. The number of hydrogen-bond donors (Lipinski definition) is 0. The summed E-state index contributed by atoms with van der Waals surface area (Å²) in [5.74, 6) is 0. The fourth-order valence-corrected chi connectivity index (χ4v) is 9.43. The Balaban J connectivity index is 1.46. The minimum Gasteiger partial charge on any atom is -0.255 e. The van der Waals surface area contributed by atoms with E-state index in [0.717, 1.165) is 5.69 Å². The molecule has 4 aromatic carbocycles. The Morgan fingerprint density at radius 2 is 1.36 bits per heavy atom. The SMILES string of the molecule is Cc1c(-c2ccc([Si](C)(C)c3ccccc3)cc2)sc2c(-c3cc(C(C)(C)C)c4ccccc4c3)nccc12. The van der Waals surface area contributed by atoms with E-state index in [0.29, 0.717) is 0 Å². The number of aromatic nitrogens is 1. The van der Waals surface area contributed by atoms with Crippen LogP contribution in [0.15, 0.2) is 103 Å². The summed E-state index contributed by atoms with van der Waals surface area (Å²) >= 11 is 1.88. The zero-order chi connectivity index (χ0) is 27.4. The van der Waals surface area contributed by atoms with Gasteiger partial charge < -0.3 is 0 Å². The standard InChI is InChI=1S/C36H35NSSi/c1-24-30-20-21-37-33(27-22-26-12-10-11-15-31(26)32(23-27)36(2,3)4)35(30)38-34(24)25-16-18-29(19-17-25)39(5,6)28-13-8-7-9-14-28/h7-23H,1-6H3. The summed E-state index contributed by atoms with van der Waals surface area (Å²) in [6.45, 7) is 14.0. The average molecular weight is 542 g/mol. The Bertz CT molecular complexity index is 1810. The fraction of sp³-hybridized carbons (Fsp3) is 0.194. The van der Waals surface area contributed by atoms with E-state index >= 15 is 0 Å². The molecule has 0 atom stereocenters. The highest BCUT2D eigenvalue weighted by molar-refractivity contribution is 7.23. The van der Waals surface area contributed by atoms with Gasteiger partial charge in [0.05, 0.1) is 10.4 Å². The number of pyridine rings is 1. The van der Waals surface area contributed by atoms with Crippen LogP contribution in [0.5, 0.6) is 0 Å². The first-order valence-corrected chi connectivity index (χ1v) is 17.5. The van der Waals surface area contributed by atoms with Crippen molar-refractivity contribution in [3.63, 3.8) is 0 Å². The van der Waals surface area contributed by atoms with Crippen LogP contribution < -0.4 is 10.4 Å². The molecular weight excluding hydrogens is 507 g/mol. The maximum atomic E-state index is 4.95. The normalized spacial score (nSPS) is 12.4. The third-order valence-corrected chi connectivity index (χ3v) is 13.1. The predicted octanol–water partition coefficient (Wildman–Crippen LogP) is 9.21. The van der Waals surface area contributed by atoms with Crippen molar-refractivity contribution >= 4 is 50.6 Å². The average Bonchev–Trinajstić information content (AvgIpc) is 3.29. The predicted molar refractivity (Wildman–Crippen MR) is 175 cm³/mol. The molecule has 0 fully saturated rings. The third-order valence-electron chi connectivity index (χ3n) is 8.16. The Kier molecular flexibility index (Phi) is 6.32. The monoisotopic (exact) mass is 541 g/mol. The number of rotatable bonds is 4. The molecular formula is C36H35NSSi. The fourth-order valence-electron chi connectivity index (χ4n) is 5.76. The van der Waals surface area contributed by atoms with Gasteiger partial charge in [-0.05, 0) is 63.4 Å². The topological polar surface area (TPSA) is 12.9 Å². The zero-order valence-corrected chi connectivity index (χ0v) is 25.5. The van der Waals surface area contributed by atoms with Crippen LogP contribution in [-0.4, -0.2) is 13.1 Å². The molecule has 3 heteroatoms. The van der Waals surface area contributed by atoms with Crippen LogP contribution >= 0.6 is 11.3 Å². The highest BCUT2D eigenvalue weighted by atomic mass is 32.1. The minimum absolute atomic E-state index is 0.0403. The number of hydrogen-bond acceptors (Lipinski definition) is 2. The summed E-state index contributed by atoms with van der Waals surface area (Å²) in [6.07, 6.45) is 1.98. The van der Waals surface area contributed by atoms with Crippen molar-refractivity contribution in [1.29, 1.82) is 0 Å². The van der Waals surface area contributed by atoms with Gasteiger partial charge in [0.2, 0.25) is 0 Å². The lowest BCUT2D eigenvalue weighted by molar-refractivity contribution is 0.596. The van der Waals surface area contributed by atoms with Crippen molar-refractivity contribution in [3.05, 3.63) is 114 Å². The molecule has 0 saturated carbocycles. The molecule has 0 aliphatic heterocycles. The molecule has 6 rings (SSSR count). The molecule has 0 saturated heterocycles. The van der Waals surface area contributed by atoms with Gasteiger partial charge in [0.1, 0.15) is 8.07 Å². The van der Waals surface area contributed by atoms with Crippen molar-refractivity contribution in [1.82, 2.24) is 4.98 Å². The second-order valence-corrected chi connectivity index (χ2v) is 17.6. The lowest BCUT2D eigenvalue weighted by Gasteiger charge is -2.23. The summed E-state index contributed by atoms with van der Waals surface area (Å²) in [7, 11) is -1.73. The van der Waals surface area contributed by atoms with Gasteiger partial charge in [-0.3, -0.25) is 4.98 Å². The molecule has 0 bridgehead atoms. The van der Waals surface area contributed by atoms with E-state index in [2.05, 4.69) is 138 Å². The van der Waals surface area contributed by atoms with E-state index in [-0.39, 0.29) is 5.41 Å². The highest BCUT2D eigenvalue weighted by Crippen LogP contribution is 2.43. The number of thiophene rings is 1. The van der Waals surface area contributed by atoms with Crippen LogP contribution in [0.3, 0.4) is 0 Å². The third kappa shape index (κ3) is 4.54. The van der Waals surface area contributed by atoms with Gasteiger partial charge in [-0.25, -0.2) is 0 Å². The quantitative estimate of drug-likeness (QED) is 0.203. The first kappa shape index (κ1) is 25.7. The molecule has 0 radical (unpaired) electrons. The summed E-state index contributed by atoms with van der Waals surface area (Å²) < 4.78 is 1.27. The summed E-state index contributed by atoms with van der Waals surface area (Å²) in [5.41, 5.74) is 6.31. The van der Waals surface area contributed by atoms with Crippen LogP contribution in [0.2, 0.25) is 13.1 Å². The van der Waals surface area contributed by atoms with Crippen LogP contribution in [0.4, 0.5) is 0 Å². The van der Waals surface area contributed by atoms with E-state index in [1.54, 1.807) is 0 Å². The number of benzene rings is 4. The van der Waals surface area contributed by atoms with E-state index < -0.39 is 8.07 Å². The largest absolute Gasteiger partial charge is 0.255 e. The van der Waals surface area contributed by atoms with Gasteiger partial charge in [-0.1, -0.05) is 123 Å². The number of aryl methyl sites for hydroxylation is 1. The molecule has 0 amide bonds. The van der Waals surface area contributed by atoms with E-state index in [9.17, 15) is 0 Å². The lowest BCUT2D eigenvalue weighted by Crippen LogP contribution is -2.52. The molecule has 39 heavy (non-hydrogen) atoms. The van der Waals surface area contributed by atoms with Crippen molar-refractivity contribution in [3.8, 4) is 21.7 Å². The molecule has 0 aliphatic rings. The first-order valence-electron chi connectivity index (χ1n) is 13.7. The van der Waals surface area contributed by atoms with Crippen LogP contribution in [0, 0.1) is 6.92 Å². The summed E-state index contributed by atoms with van der Waals surface area (Å²) in [4.78, 5) is 6.29. The molecule has 2 heterocycles. The maximum Gasteiger partial charge on any atom is 0.112 e. The van der Waals surface area contributed by atoms with Crippen molar-refractivity contribution in [2.24, 2.45) is 0 Å². The molecule has 1 nitrogen and oxygen atoms in total. The molecule has 6 aromatic rings. The molecule has 0 aliphatic carbocycles. The minimum atomic E-state index is -1.73. The molecule has 194 valence electrons. The molecule has 0 unspecified atom stereocenters. The van der Waals surface area contributed by atoms with Crippen LogP contribution in [0.25, 0.3) is 42.6 Å². The molecule has 0 N–H and O–H groups in total.